The zero-order chi connectivity index (χ0) is 15.3. The number of rotatable bonds is 5. The van der Waals surface area contributed by atoms with Crippen LogP contribution >= 0.6 is 0 Å². The highest BCUT2D eigenvalue weighted by atomic mass is 16.5. The quantitative estimate of drug-likeness (QED) is 0.870. The van der Waals surface area contributed by atoms with Crippen LogP contribution in [0, 0.1) is 5.41 Å². The van der Waals surface area contributed by atoms with Gasteiger partial charge in [-0.15, -0.1) is 0 Å². The van der Waals surface area contributed by atoms with E-state index in [1.54, 1.807) is 0 Å². The zero-order valence-electron chi connectivity index (χ0n) is 13.1. The van der Waals surface area contributed by atoms with Gasteiger partial charge in [0.2, 0.25) is 5.91 Å². The Bertz CT molecular complexity index is 462. The van der Waals surface area contributed by atoms with Gasteiger partial charge in [-0.2, -0.15) is 0 Å². The van der Waals surface area contributed by atoms with E-state index < -0.39 is 5.41 Å². The minimum absolute atomic E-state index is 0.0293. The van der Waals surface area contributed by atoms with Gasteiger partial charge in [-0.1, -0.05) is 26.8 Å². The Morgan fingerprint density at radius 2 is 2.05 bits per heavy atom. The first kappa shape index (κ1) is 16.5. The third-order valence-corrected chi connectivity index (χ3v) is 2.83. The van der Waals surface area contributed by atoms with Gasteiger partial charge >= 0.3 is 0 Å². The van der Waals surface area contributed by atoms with E-state index in [4.69, 9.17) is 10.5 Å². The lowest BCUT2D eigenvalue weighted by Gasteiger charge is -2.20. The molecule has 3 N–H and O–H groups in total. The predicted octanol–water partition coefficient (Wildman–Crippen LogP) is 2.96. The van der Waals surface area contributed by atoms with E-state index in [9.17, 15) is 4.79 Å². The van der Waals surface area contributed by atoms with Crippen molar-refractivity contribution in [2.24, 2.45) is 11.1 Å². The summed E-state index contributed by atoms with van der Waals surface area (Å²) in [7, 11) is 0. The fourth-order valence-corrected chi connectivity index (χ4v) is 1.75. The Morgan fingerprint density at radius 1 is 1.40 bits per heavy atom. The van der Waals surface area contributed by atoms with E-state index in [1.165, 1.54) is 0 Å². The monoisotopic (exact) mass is 278 g/mol. The fraction of sp³-hybridized carbons (Fsp3) is 0.562. The lowest BCUT2D eigenvalue weighted by molar-refractivity contribution is -0.123. The van der Waals surface area contributed by atoms with Crippen molar-refractivity contribution in [2.45, 2.75) is 47.1 Å². The number of carbonyl (C=O) groups excluding carboxylic acids is 1. The molecule has 0 spiro atoms. The van der Waals surface area contributed by atoms with Gasteiger partial charge in [0.05, 0.1) is 12.3 Å². The van der Waals surface area contributed by atoms with Gasteiger partial charge in [-0.25, -0.2) is 0 Å². The molecule has 112 valence electrons. The third-order valence-electron chi connectivity index (χ3n) is 2.83. The number of amides is 1. The van der Waals surface area contributed by atoms with Crippen LogP contribution in [0.25, 0.3) is 0 Å². The molecular formula is C16H26N2O2. The summed E-state index contributed by atoms with van der Waals surface area (Å²) in [4.78, 5) is 12.1. The van der Waals surface area contributed by atoms with E-state index in [1.807, 2.05) is 52.8 Å². The molecule has 0 heterocycles. The van der Waals surface area contributed by atoms with Crippen LogP contribution in [0.4, 0.5) is 5.69 Å². The Kier molecular flexibility index (Phi) is 5.57. The first-order valence-corrected chi connectivity index (χ1v) is 7.06. The standard InChI is InChI=1S/C16H26N2O2/c1-6-20-14-10-12(9-11(2)17)7-8-13(14)18-15(19)16(3,4)5/h7-8,10-11H,6,9,17H2,1-5H3,(H,18,19). The van der Waals surface area contributed by atoms with E-state index in [0.717, 1.165) is 12.0 Å². The lowest BCUT2D eigenvalue weighted by atomic mass is 9.95. The Balaban J connectivity index is 2.98. The molecule has 4 heteroatoms. The van der Waals surface area contributed by atoms with Crippen molar-refractivity contribution in [2.75, 3.05) is 11.9 Å². The van der Waals surface area contributed by atoms with Crippen LogP contribution in [0.15, 0.2) is 18.2 Å². The van der Waals surface area contributed by atoms with Crippen molar-refractivity contribution in [1.82, 2.24) is 0 Å². The van der Waals surface area contributed by atoms with Crippen molar-refractivity contribution in [3.63, 3.8) is 0 Å². The van der Waals surface area contributed by atoms with Gasteiger partial charge in [0.15, 0.2) is 0 Å². The van der Waals surface area contributed by atoms with Gasteiger partial charge in [-0.05, 0) is 38.0 Å². The molecule has 0 aromatic heterocycles. The predicted molar refractivity (Wildman–Crippen MR) is 83.0 cm³/mol. The minimum Gasteiger partial charge on any atom is -0.492 e. The van der Waals surface area contributed by atoms with Crippen molar-refractivity contribution < 1.29 is 9.53 Å². The summed E-state index contributed by atoms with van der Waals surface area (Å²) < 4.78 is 5.62. The van der Waals surface area contributed by atoms with Crippen molar-refractivity contribution in [3.8, 4) is 5.75 Å². The second kappa shape index (κ2) is 6.75. The maximum absolute atomic E-state index is 12.1. The van der Waals surface area contributed by atoms with Crippen LogP contribution in [0.1, 0.15) is 40.2 Å². The molecule has 20 heavy (non-hydrogen) atoms. The highest BCUT2D eigenvalue weighted by molar-refractivity contribution is 5.95. The molecule has 0 aliphatic carbocycles. The molecule has 0 radical (unpaired) electrons. The summed E-state index contributed by atoms with van der Waals surface area (Å²) in [6.07, 6.45) is 0.785. The number of hydrogen-bond acceptors (Lipinski definition) is 3. The number of ether oxygens (including phenoxy) is 1. The highest BCUT2D eigenvalue weighted by Gasteiger charge is 2.22. The molecule has 1 aromatic rings. The summed E-state index contributed by atoms with van der Waals surface area (Å²) in [5.41, 5.74) is 7.19. The fourth-order valence-electron chi connectivity index (χ4n) is 1.75. The summed E-state index contributed by atoms with van der Waals surface area (Å²) in [5.74, 6) is 0.668. The number of hydrogen-bond donors (Lipinski definition) is 2. The van der Waals surface area contributed by atoms with Crippen molar-refractivity contribution in [1.29, 1.82) is 0 Å². The smallest absolute Gasteiger partial charge is 0.229 e. The molecule has 1 atom stereocenters. The molecule has 0 fully saturated rings. The van der Waals surface area contributed by atoms with Gasteiger partial charge in [0.25, 0.3) is 0 Å². The van der Waals surface area contributed by atoms with Crippen LogP contribution in [0.2, 0.25) is 0 Å². The molecule has 0 bridgehead atoms. The minimum atomic E-state index is -0.437. The van der Waals surface area contributed by atoms with E-state index >= 15 is 0 Å². The van der Waals surface area contributed by atoms with E-state index in [-0.39, 0.29) is 11.9 Å². The Hall–Kier alpha value is -1.55. The summed E-state index contributed by atoms with van der Waals surface area (Å²) in [5, 5.41) is 2.92. The average Bonchev–Trinajstić information content (AvgIpc) is 2.30. The van der Waals surface area contributed by atoms with Crippen molar-refractivity contribution >= 4 is 11.6 Å². The van der Waals surface area contributed by atoms with Crippen LogP contribution in [-0.4, -0.2) is 18.6 Å². The normalized spacial score (nSPS) is 12.9. The zero-order valence-corrected chi connectivity index (χ0v) is 13.1. The first-order chi connectivity index (χ1) is 9.24. The molecule has 1 rings (SSSR count). The molecule has 0 saturated heterocycles. The number of carbonyl (C=O) groups is 1. The largest absolute Gasteiger partial charge is 0.492 e. The Labute approximate surface area is 121 Å². The van der Waals surface area contributed by atoms with Crippen molar-refractivity contribution in [3.05, 3.63) is 23.8 Å². The topological polar surface area (TPSA) is 64.3 Å². The highest BCUT2D eigenvalue weighted by Crippen LogP contribution is 2.28. The maximum atomic E-state index is 12.1. The molecule has 1 unspecified atom stereocenters. The molecule has 0 saturated carbocycles. The third kappa shape index (κ3) is 4.85. The average molecular weight is 278 g/mol. The summed E-state index contributed by atoms with van der Waals surface area (Å²) in [6, 6.07) is 5.90. The first-order valence-electron chi connectivity index (χ1n) is 7.06. The van der Waals surface area contributed by atoms with Crippen LogP contribution in [0.5, 0.6) is 5.75 Å². The molecular weight excluding hydrogens is 252 g/mol. The Morgan fingerprint density at radius 3 is 2.55 bits per heavy atom. The number of nitrogens with two attached hydrogens (primary N) is 1. The number of nitrogens with one attached hydrogen (secondary N) is 1. The van der Waals surface area contributed by atoms with Gasteiger partial charge in [-0.3, -0.25) is 4.79 Å². The molecule has 0 aliphatic heterocycles. The van der Waals surface area contributed by atoms with Gasteiger partial charge < -0.3 is 15.8 Å². The van der Waals surface area contributed by atoms with E-state index in [2.05, 4.69) is 5.32 Å². The lowest BCUT2D eigenvalue weighted by Crippen LogP contribution is -2.27. The SMILES string of the molecule is CCOc1cc(CC(C)N)ccc1NC(=O)C(C)(C)C. The van der Waals surface area contributed by atoms with Crippen LogP contribution < -0.4 is 15.8 Å². The maximum Gasteiger partial charge on any atom is 0.229 e. The number of benzene rings is 1. The second-order valence-corrected chi connectivity index (χ2v) is 6.15. The van der Waals surface area contributed by atoms with Crippen LogP contribution in [-0.2, 0) is 11.2 Å². The van der Waals surface area contributed by atoms with Gasteiger partial charge in [0.1, 0.15) is 5.75 Å². The van der Waals surface area contributed by atoms with Crippen LogP contribution in [0.3, 0.4) is 0 Å². The van der Waals surface area contributed by atoms with Gasteiger partial charge in [0, 0.05) is 11.5 Å². The number of anilines is 1. The molecule has 1 amide bonds. The summed E-state index contributed by atoms with van der Waals surface area (Å²) >= 11 is 0. The summed E-state index contributed by atoms with van der Waals surface area (Å²) in [6.45, 7) is 10.1. The molecule has 0 aliphatic rings. The molecule has 4 nitrogen and oxygen atoms in total. The molecule has 1 aromatic carbocycles. The second-order valence-electron chi connectivity index (χ2n) is 6.15. The van der Waals surface area contributed by atoms with E-state index in [0.29, 0.717) is 18.0 Å².